The lowest BCUT2D eigenvalue weighted by atomic mass is 10.0. The summed E-state index contributed by atoms with van der Waals surface area (Å²) in [6.45, 7) is 11.3. The number of benzene rings is 4. The maximum absolute atomic E-state index is 13.2. The van der Waals surface area contributed by atoms with Gasteiger partial charge in [-0.05, 0) is 74.2 Å². The molecule has 0 spiro atoms. The number of rotatable bonds is 19. The molecule has 0 bridgehead atoms. The summed E-state index contributed by atoms with van der Waals surface area (Å²) >= 11 is 0. The van der Waals surface area contributed by atoms with E-state index in [4.69, 9.17) is 9.47 Å². The smallest absolute Gasteiger partial charge is 0.254 e. The first kappa shape index (κ1) is 41.0. The Morgan fingerprint density at radius 2 is 0.839 bits per heavy atom. The molecule has 2 amide bonds. The third kappa shape index (κ3) is 11.5. The van der Waals surface area contributed by atoms with Crippen LogP contribution in [0.25, 0.3) is 0 Å². The quantitative estimate of drug-likeness (QED) is 0.0711. The van der Waals surface area contributed by atoms with Crippen LogP contribution >= 0.6 is 0 Å². The van der Waals surface area contributed by atoms with Crippen LogP contribution in [0.2, 0.25) is 0 Å². The minimum atomic E-state index is 0.150. The minimum absolute atomic E-state index is 0.150. The largest absolute Gasteiger partial charge is 0.497 e. The van der Waals surface area contributed by atoms with Crippen LogP contribution in [0.3, 0.4) is 0 Å². The first-order valence-electron chi connectivity index (χ1n) is 21.0. The Bertz CT molecular complexity index is 1670. The van der Waals surface area contributed by atoms with Gasteiger partial charge in [0, 0.05) is 22.3 Å². The van der Waals surface area contributed by atoms with E-state index in [2.05, 4.69) is 36.4 Å². The van der Waals surface area contributed by atoms with Gasteiger partial charge in [0.1, 0.15) is 24.6 Å². The van der Waals surface area contributed by atoms with Crippen LogP contribution in [0.5, 0.6) is 11.5 Å². The number of unbranched alkanes of at least 4 members (excludes halogenated alkanes) is 7. The maximum atomic E-state index is 13.2. The fourth-order valence-electron chi connectivity index (χ4n) is 8.90. The zero-order valence-electron chi connectivity index (χ0n) is 34.0. The van der Waals surface area contributed by atoms with E-state index in [1.54, 1.807) is 14.2 Å². The molecule has 0 aliphatic carbocycles. The molecule has 4 aromatic rings. The van der Waals surface area contributed by atoms with Crippen LogP contribution in [-0.4, -0.2) is 110 Å². The number of ether oxygens (including phenoxy) is 2. The molecule has 0 atom stereocenters. The third-order valence-corrected chi connectivity index (χ3v) is 12.3. The summed E-state index contributed by atoms with van der Waals surface area (Å²) in [4.78, 5) is 30.6. The van der Waals surface area contributed by atoms with Gasteiger partial charge >= 0.3 is 0 Å². The van der Waals surface area contributed by atoms with Crippen LogP contribution < -0.4 is 9.47 Å². The molecule has 2 fully saturated rings. The monoisotopic (exact) mass is 760 g/mol. The van der Waals surface area contributed by atoms with Gasteiger partial charge in [-0.3, -0.25) is 9.59 Å². The molecule has 0 N–H and O–H groups in total. The number of carbonyl (C=O) groups is 2. The summed E-state index contributed by atoms with van der Waals surface area (Å²) in [6, 6.07) is 36.4. The highest BCUT2D eigenvalue weighted by Crippen LogP contribution is 2.26. The molecule has 0 saturated carbocycles. The Labute approximate surface area is 335 Å². The molecule has 0 radical (unpaired) electrons. The predicted octanol–water partition coefficient (Wildman–Crippen LogP) is 8.47. The average Bonchev–Trinajstić information content (AvgIpc) is 3.25. The topological polar surface area (TPSA) is 59.1 Å². The second-order valence-electron chi connectivity index (χ2n) is 16.2. The lowest BCUT2D eigenvalue weighted by Gasteiger charge is -2.45. The Morgan fingerprint density at radius 3 is 1.20 bits per heavy atom. The van der Waals surface area contributed by atoms with Crippen molar-refractivity contribution in [3.05, 3.63) is 131 Å². The SMILES string of the molecule is COc1cccc(C[N+]2(CCCCCCCCCC[N+]3(Cc4cccc(OC)c4)CCN(C(=O)c4ccccc4)CC3)CCN(C(=O)c3ccccc3)CC2)c1. The lowest BCUT2D eigenvalue weighted by molar-refractivity contribution is -0.944. The van der Waals surface area contributed by atoms with E-state index in [0.717, 1.165) is 110 Å². The fourth-order valence-corrected chi connectivity index (χ4v) is 8.90. The van der Waals surface area contributed by atoms with Gasteiger partial charge < -0.3 is 28.2 Å². The minimum Gasteiger partial charge on any atom is -0.497 e. The highest BCUT2D eigenvalue weighted by atomic mass is 16.5. The van der Waals surface area contributed by atoms with Crippen molar-refractivity contribution >= 4 is 11.8 Å². The van der Waals surface area contributed by atoms with Gasteiger partial charge in [-0.25, -0.2) is 0 Å². The van der Waals surface area contributed by atoms with Crippen molar-refractivity contribution in [3.63, 3.8) is 0 Å². The molecule has 0 aromatic heterocycles. The number of methoxy groups -OCH3 is 2. The van der Waals surface area contributed by atoms with Crippen LogP contribution in [0.15, 0.2) is 109 Å². The summed E-state index contributed by atoms with van der Waals surface area (Å²) < 4.78 is 13.2. The van der Waals surface area contributed by atoms with Gasteiger partial charge in [0.25, 0.3) is 11.8 Å². The molecule has 2 saturated heterocycles. The third-order valence-electron chi connectivity index (χ3n) is 12.3. The van der Waals surface area contributed by atoms with Crippen molar-refractivity contribution in [2.45, 2.75) is 64.5 Å². The molecular formula is C48H64N4O4+2. The zero-order valence-corrected chi connectivity index (χ0v) is 34.0. The molecule has 4 aromatic carbocycles. The molecule has 2 aliphatic rings. The van der Waals surface area contributed by atoms with Crippen LogP contribution in [-0.2, 0) is 13.1 Å². The van der Waals surface area contributed by atoms with Crippen molar-refractivity contribution in [2.75, 3.05) is 79.7 Å². The van der Waals surface area contributed by atoms with Gasteiger partial charge in [0.05, 0.1) is 79.7 Å². The van der Waals surface area contributed by atoms with Gasteiger partial charge in [-0.1, -0.05) is 86.3 Å². The molecule has 56 heavy (non-hydrogen) atoms. The summed E-state index contributed by atoms with van der Waals surface area (Å²) in [5.74, 6) is 2.11. The number of piperazine rings is 2. The molecule has 0 unspecified atom stereocenters. The number of carbonyl (C=O) groups excluding carboxylic acids is 2. The number of amides is 2. The number of nitrogens with zero attached hydrogens (tertiary/aromatic N) is 4. The first-order valence-corrected chi connectivity index (χ1v) is 21.0. The van der Waals surface area contributed by atoms with E-state index in [9.17, 15) is 9.59 Å². The van der Waals surface area contributed by atoms with Crippen LogP contribution in [0.4, 0.5) is 0 Å². The maximum Gasteiger partial charge on any atom is 0.254 e. The first-order chi connectivity index (χ1) is 27.4. The van der Waals surface area contributed by atoms with Crippen molar-refractivity contribution in [1.82, 2.24) is 9.80 Å². The molecule has 8 nitrogen and oxygen atoms in total. The molecule has 2 heterocycles. The second kappa shape index (κ2) is 20.5. The van der Waals surface area contributed by atoms with Gasteiger partial charge in [-0.15, -0.1) is 0 Å². The van der Waals surface area contributed by atoms with Gasteiger partial charge in [-0.2, -0.15) is 0 Å². The van der Waals surface area contributed by atoms with Gasteiger partial charge in [0.2, 0.25) is 0 Å². The lowest BCUT2D eigenvalue weighted by Crippen LogP contribution is -2.60. The van der Waals surface area contributed by atoms with E-state index in [1.165, 1.54) is 62.5 Å². The summed E-state index contributed by atoms with van der Waals surface area (Å²) in [6.07, 6.45) is 10.1. The van der Waals surface area contributed by atoms with E-state index >= 15 is 0 Å². The predicted molar refractivity (Wildman–Crippen MR) is 225 cm³/mol. The summed E-state index contributed by atoms with van der Waals surface area (Å²) in [5.41, 5.74) is 4.18. The summed E-state index contributed by atoms with van der Waals surface area (Å²) in [5, 5.41) is 0. The Hall–Kier alpha value is -4.66. The van der Waals surface area contributed by atoms with Crippen LogP contribution in [0, 0.1) is 0 Å². The molecule has 298 valence electrons. The molecular weight excluding hydrogens is 697 g/mol. The van der Waals surface area contributed by atoms with Gasteiger partial charge in [0.15, 0.2) is 0 Å². The average molecular weight is 761 g/mol. The Morgan fingerprint density at radius 1 is 0.482 bits per heavy atom. The van der Waals surface area contributed by atoms with Crippen molar-refractivity contribution in [2.24, 2.45) is 0 Å². The van der Waals surface area contributed by atoms with E-state index in [-0.39, 0.29) is 11.8 Å². The standard InChI is InChI=1S/C48H64N4O4/c1-55-45-25-17-19-41(37-45)39-51(33-27-49(28-34-51)47(53)43-21-11-9-12-22-43)31-15-7-5-3-4-6-8-16-32-52(40-42-20-18-26-46(38-42)56-2)35-29-50(30-36-52)48(54)44-23-13-10-14-24-44/h9-14,17-26,37-38H,3-8,15-16,27-36,39-40H2,1-2H3/q+2. The number of hydrogen-bond donors (Lipinski definition) is 0. The Balaban J connectivity index is 0.941. The molecule has 6 rings (SSSR count). The van der Waals surface area contributed by atoms with Crippen molar-refractivity contribution in [1.29, 1.82) is 0 Å². The number of quaternary nitrogens is 2. The molecule has 8 heteroatoms. The normalized spacial score (nSPS) is 16.3. The fraction of sp³-hybridized carbons (Fsp3) is 0.458. The summed E-state index contributed by atoms with van der Waals surface area (Å²) in [7, 11) is 3.47. The van der Waals surface area contributed by atoms with E-state index in [0.29, 0.717) is 0 Å². The molecule has 2 aliphatic heterocycles. The highest BCUT2D eigenvalue weighted by Gasteiger charge is 2.36. The van der Waals surface area contributed by atoms with E-state index in [1.807, 2.05) is 82.6 Å². The van der Waals surface area contributed by atoms with E-state index < -0.39 is 0 Å². The highest BCUT2D eigenvalue weighted by molar-refractivity contribution is 5.94. The van der Waals surface area contributed by atoms with Crippen molar-refractivity contribution < 1.29 is 28.0 Å². The van der Waals surface area contributed by atoms with Crippen molar-refractivity contribution in [3.8, 4) is 11.5 Å². The Kier molecular flexibility index (Phi) is 15.0. The van der Waals surface area contributed by atoms with Crippen LogP contribution in [0.1, 0.15) is 83.2 Å². The zero-order chi connectivity index (χ0) is 39.1. The number of hydrogen-bond acceptors (Lipinski definition) is 4. The second-order valence-corrected chi connectivity index (χ2v) is 16.2.